The van der Waals surface area contributed by atoms with Gasteiger partial charge in [-0.05, 0) is 25.7 Å². The van der Waals surface area contributed by atoms with Crippen LogP contribution in [-0.2, 0) is 14.3 Å². The molecule has 0 radical (unpaired) electrons. The second kappa shape index (κ2) is 22.0. The Morgan fingerprint density at radius 1 is 0.607 bits per heavy atom. The first-order chi connectivity index (χ1) is 13.7. The number of alkyl carbamates (subject to hydrolysis) is 1. The van der Waals surface area contributed by atoms with Gasteiger partial charge in [-0.25, -0.2) is 4.79 Å². The fourth-order valence-electron chi connectivity index (χ4n) is 2.97. The zero-order valence-electron chi connectivity index (χ0n) is 18.6. The second-order valence-corrected chi connectivity index (χ2v) is 7.63. The van der Waals surface area contributed by atoms with E-state index in [0.717, 1.165) is 44.9 Å². The summed E-state index contributed by atoms with van der Waals surface area (Å²) in [6.07, 6.45) is 17.5. The third-order valence-corrected chi connectivity index (χ3v) is 4.82. The van der Waals surface area contributed by atoms with Crippen LogP contribution in [0.3, 0.4) is 0 Å². The standard InChI is InChI=1S/C23H45NO4/c1-3-5-7-8-9-10-11-12-13-17-21-27-22(25)18-15-14-16-19-24-23(26)28-20-6-4-2/h3-21H2,1-2H3,(H,24,26). The van der Waals surface area contributed by atoms with Crippen LogP contribution in [0, 0.1) is 0 Å². The number of amides is 1. The summed E-state index contributed by atoms with van der Waals surface area (Å²) in [6.45, 7) is 5.94. The van der Waals surface area contributed by atoms with E-state index >= 15 is 0 Å². The Labute approximate surface area is 173 Å². The van der Waals surface area contributed by atoms with Crippen LogP contribution >= 0.6 is 0 Å². The van der Waals surface area contributed by atoms with Gasteiger partial charge >= 0.3 is 12.1 Å². The van der Waals surface area contributed by atoms with Gasteiger partial charge in [0.25, 0.3) is 0 Å². The van der Waals surface area contributed by atoms with E-state index in [2.05, 4.69) is 19.2 Å². The molecule has 1 N–H and O–H groups in total. The van der Waals surface area contributed by atoms with Gasteiger partial charge in [0.2, 0.25) is 0 Å². The van der Waals surface area contributed by atoms with Gasteiger partial charge in [0.15, 0.2) is 0 Å². The average molecular weight is 400 g/mol. The summed E-state index contributed by atoms with van der Waals surface area (Å²) in [5.74, 6) is -0.0946. The zero-order valence-corrected chi connectivity index (χ0v) is 18.6. The Hall–Kier alpha value is -1.26. The lowest BCUT2D eigenvalue weighted by atomic mass is 10.1. The molecule has 166 valence electrons. The monoisotopic (exact) mass is 399 g/mol. The number of carbonyl (C=O) groups excluding carboxylic acids is 2. The van der Waals surface area contributed by atoms with Crippen LogP contribution in [0.2, 0.25) is 0 Å². The van der Waals surface area contributed by atoms with Crippen LogP contribution in [0.15, 0.2) is 0 Å². The molecule has 0 aliphatic heterocycles. The molecule has 0 heterocycles. The summed E-state index contributed by atoms with van der Waals surface area (Å²) in [5.41, 5.74) is 0. The van der Waals surface area contributed by atoms with E-state index in [1.54, 1.807) is 0 Å². The van der Waals surface area contributed by atoms with E-state index in [9.17, 15) is 9.59 Å². The van der Waals surface area contributed by atoms with Gasteiger partial charge in [-0.3, -0.25) is 4.79 Å². The highest BCUT2D eigenvalue weighted by Crippen LogP contribution is 2.10. The molecule has 0 aliphatic rings. The van der Waals surface area contributed by atoms with E-state index in [1.807, 2.05) is 0 Å². The molecule has 0 unspecified atom stereocenters. The molecule has 0 aromatic heterocycles. The van der Waals surface area contributed by atoms with Gasteiger partial charge in [-0.2, -0.15) is 0 Å². The number of ether oxygens (including phenoxy) is 2. The zero-order chi connectivity index (χ0) is 20.7. The van der Waals surface area contributed by atoms with Crippen molar-refractivity contribution in [2.75, 3.05) is 19.8 Å². The number of hydrogen-bond acceptors (Lipinski definition) is 4. The molecule has 1 amide bonds. The highest BCUT2D eigenvalue weighted by molar-refractivity contribution is 5.69. The second-order valence-electron chi connectivity index (χ2n) is 7.63. The molecule has 5 heteroatoms. The van der Waals surface area contributed by atoms with Crippen molar-refractivity contribution in [2.45, 2.75) is 117 Å². The van der Waals surface area contributed by atoms with E-state index in [1.165, 1.54) is 51.4 Å². The van der Waals surface area contributed by atoms with Crippen molar-refractivity contribution >= 4 is 12.1 Å². The molecule has 0 saturated heterocycles. The van der Waals surface area contributed by atoms with Crippen LogP contribution < -0.4 is 5.32 Å². The van der Waals surface area contributed by atoms with Gasteiger partial charge in [-0.1, -0.05) is 84.5 Å². The van der Waals surface area contributed by atoms with E-state index < -0.39 is 0 Å². The third-order valence-electron chi connectivity index (χ3n) is 4.82. The van der Waals surface area contributed by atoms with Crippen molar-refractivity contribution in [2.24, 2.45) is 0 Å². The van der Waals surface area contributed by atoms with Crippen molar-refractivity contribution in [1.29, 1.82) is 0 Å². The summed E-state index contributed by atoms with van der Waals surface area (Å²) < 4.78 is 10.3. The van der Waals surface area contributed by atoms with Crippen molar-refractivity contribution in [3.8, 4) is 0 Å². The predicted octanol–water partition coefficient (Wildman–Crippen LogP) is 6.54. The van der Waals surface area contributed by atoms with E-state index in [4.69, 9.17) is 9.47 Å². The smallest absolute Gasteiger partial charge is 0.407 e. The lowest BCUT2D eigenvalue weighted by Gasteiger charge is -2.07. The topological polar surface area (TPSA) is 64.6 Å². The summed E-state index contributed by atoms with van der Waals surface area (Å²) in [7, 11) is 0. The molecular formula is C23H45NO4. The largest absolute Gasteiger partial charge is 0.466 e. The summed E-state index contributed by atoms with van der Waals surface area (Å²) in [6, 6.07) is 0. The molecule has 0 rings (SSSR count). The normalized spacial score (nSPS) is 10.6. The van der Waals surface area contributed by atoms with Crippen molar-refractivity contribution in [3.05, 3.63) is 0 Å². The first-order valence-electron chi connectivity index (χ1n) is 11.8. The number of hydrogen-bond donors (Lipinski definition) is 1. The van der Waals surface area contributed by atoms with Crippen LogP contribution in [-0.4, -0.2) is 31.8 Å². The van der Waals surface area contributed by atoms with Gasteiger partial charge in [0.1, 0.15) is 0 Å². The first-order valence-corrected chi connectivity index (χ1v) is 11.8. The van der Waals surface area contributed by atoms with Gasteiger partial charge in [-0.15, -0.1) is 0 Å². The quantitative estimate of drug-likeness (QED) is 0.186. The molecule has 5 nitrogen and oxygen atoms in total. The average Bonchev–Trinajstić information content (AvgIpc) is 2.69. The van der Waals surface area contributed by atoms with Gasteiger partial charge < -0.3 is 14.8 Å². The Balaban J connectivity index is 3.24. The number of nitrogens with one attached hydrogen (secondary N) is 1. The Morgan fingerprint density at radius 3 is 1.79 bits per heavy atom. The molecule has 0 aromatic rings. The van der Waals surface area contributed by atoms with Crippen molar-refractivity contribution in [3.63, 3.8) is 0 Å². The van der Waals surface area contributed by atoms with Crippen LogP contribution in [0.1, 0.15) is 117 Å². The molecule has 0 aliphatic carbocycles. The molecule has 28 heavy (non-hydrogen) atoms. The fourth-order valence-corrected chi connectivity index (χ4v) is 2.97. The van der Waals surface area contributed by atoms with Gasteiger partial charge in [0.05, 0.1) is 13.2 Å². The van der Waals surface area contributed by atoms with Crippen LogP contribution in [0.25, 0.3) is 0 Å². The lowest BCUT2D eigenvalue weighted by Crippen LogP contribution is -2.25. The van der Waals surface area contributed by atoms with Crippen molar-refractivity contribution < 1.29 is 19.1 Å². The van der Waals surface area contributed by atoms with Crippen LogP contribution in [0.5, 0.6) is 0 Å². The maximum Gasteiger partial charge on any atom is 0.407 e. The maximum absolute atomic E-state index is 11.7. The predicted molar refractivity (Wildman–Crippen MR) is 116 cm³/mol. The Bertz CT molecular complexity index is 361. The highest BCUT2D eigenvalue weighted by atomic mass is 16.5. The minimum atomic E-state index is -0.343. The number of esters is 1. The number of unbranched alkanes of at least 4 members (excludes halogenated alkanes) is 12. The summed E-state index contributed by atoms with van der Waals surface area (Å²) in [5, 5.41) is 2.73. The molecular weight excluding hydrogens is 354 g/mol. The molecule has 0 fully saturated rings. The van der Waals surface area contributed by atoms with Crippen LogP contribution in [0.4, 0.5) is 4.79 Å². The number of carbonyl (C=O) groups is 2. The minimum absolute atomic E-state index is 0.0946. The fraction of sp³-hybridized carbons (Fsp3) is 0.913. The molecule has 0 aromatic carbocycles. The molecule has 0 bridgehead atoms. The van der Waals surface area contributed by atoms with E-state index in [-0.39, 0.29) is 12.1 Å². The van der Waals surface area contributed by atoms with E-state index in [0.29, 0.717) is 26.2 Å². The van der Waals surface area contributed by atoms with Crippen molar-refractivity contribution in [1.82, 2.24) is 5.32 Å². The molecule has 0 atom stereocenters. The maximum atomic E-state index is 11.7. The lowest BCUT2D eigenvalue weighted by molar-refractivity contribution is -0.143. The summed E-state index contributed by atoms with van der Waals surface area (Å²) >= 11 is 0. The third kappa shape index (κ3) is 21.0. The molecule has 0 spiro atoms. The minimum Gasteiger partial charge on any atom is -0.466 e. The molecule has 0 saturated carbocycles. The number of rotatable bonds is 20. The Morgan fingerprint density at radius 2 is 1.14 bits per heavy atom. The van der Waals surface area contributed by atoms with Gasteiger partial charge in [0, 0.05) is 13.0 Å². The summed E-state index contributed by atoms with van der Waals surface area (Å²) in [4.78, 5) is 23.0. The SMILES string of the molecule is CCCCCCCCCCCCOC(=O)CCCCCNC(=O)OCCCC. The first kappa shape index (κ1) is 26.7. The highest BCUT2D eigenvalue weighted by Gasteiger charge is 2.04. The Kier molecular flexibility index (Phi) is 21.0.